The lowest BCUT2D eigenvalue weighted by molar-refractivity contribution is -0.137. The summed E-state index contributed by atoms with van der Waals surface area (Å²) in [5.41, 5.74) is -0.241. The number of carbonyl (C=O) groups is 1. The zero-order valence-electron chi connectivity index (χ0n) is 12.7. The number of alkyl halides is 3. The minimum Gasteiger partial charge on any atom is -0.353 e. The van der Waals surface area contributed by atoms with Gasteiger partial charge in [-0.15, -0.1) is 0 Å². The summed E-state index contributed by atoms with van der Waals surface area (Å²) in [5, 5.41) is 0. The van der Waals surface area contributed by atoms with Crippen LogP contribution in [0.3, 0.4) is 0 Å². The van der Waals surface area contributed by atoms with Crippen LogP contribution in [0.5, 0.6) is 0 Å². The zero-order valence-corrected chi connectivity index (χ0v) is 12.7. The number of hydrogen-bond acceptors (Lipinski definition) is 4. The maximum atomic E-state index is 12.6. The SMILES string of the molecule is O=C(c1cccnc1)N1CCN(c2ccc(C(F)(F)F)cn2)CC1. The van der Waals surface area contributed by atoms with Gasteiger partial charge in [0.2, 0.25) is 0 Å². The molecule has 0 spiro atoms. The van der Waals surface area contributed by atoms with E-state index in [1.54, 1.807) is 23.2 Å². The van der Waals surface area contributed by atoms with Crippen molar-refractivity contribution in [3.8, 4) is 0 Å². The van der Waals surface area contributed by atoms with E-state index in [0.717, 1.165) is 12.3 Å². The third-order valence-electron chi connectivity index (χ3n) is 3.87. The second-order valence-corrected chi connectivity index (χ2v) is 5.42. The first-order valence-corrected chi connectivity index (χ1v) is 7.42. The molecule has 0 atom stereocenters. The van der Waals surface area contributed by atoms with Gasteiger partial charge in [0, 0.05) is 44.8 Å². The number of hydrogen-bond donors (Lipinski definition) is 0. The van der Waals surface area contributed by atoms with Crippen molar-refractivity contribution in [2.24, 2.45) is 0 Å². The lowest BCUT2D eigenvalue weighted by atomic mass is 10.2. The average molecular weight is 336 g/mol. The Hall–Kier alpha value is -2.64. The Balaban J connectivity index is 1.62. The summed E-state index contributed by atoms with van der Waals surface area (Å²) < 4.78 is 37.7. The first kappa shape index (κ1) is 16.2. The summed E-state index contributed by atoms with van der Waals surface area (Å²) in [6, 6.07) is 5.80. The van der Waals surface area contributed by atoms with Crippen molar-refractivity contribution in [1.29, 1.82) is 0 Å². The summed E-state index contributed by atoms with van der Waals surface area (Å²) in [4.78, 5) is 23.7. The molecule has 2 aromatic heterocycles. The van der Waals surface area contributed by atoms with E-state index in [9.17, 15) is 18.0 Å². The van der Waals surface area contributed by atoms with E-state index in [2.05, 4.69) is 9.97 Å². The van der Waals surface area contributed by atoms with E-state index >= 15 is 0 Å². The van der Waals surface area contributed by atoms with Crippen LogP contribution in [0, 0.1) is 0 Å². The third-order valence-corrected chi connectivity index (χ3v) is 3.87. The Bertz CT molecular complexity index is 696. The first-order chi connectivity index (χ1) is 11.4. The van der Waals surface area contributed by atoms with Crippen molar-refractivity contribution in [2.45, 2.75) is 6.18 Å². The lowest BCUT2D eigenvalue weighted by Gasteiger charge is -2.35. The number of carbonyl (C=O) groups excluding carboxylic acids is 1. The molecule has 24 heavy (non-hydrogen) atoms. The average Bonchev–Trinajstić information content (AvgIpc) is 2.61. The van der Waals surface area contributed by atoms with Crippen LogP contribution in [0.15, 0.2) is 42.9 Å². The Morgan fingerprint density at radius 1 is 1.04 bits per heavy atom. The molecule has 0 radical (unpaired) electrons. The van der Waals surface area contributed by atoms with E-state index in [-0.39, 0.29) is 5.91 Å². The Morgan fingerprint density at radius 3 is 2.33 bits per heavy atom. The van der Waals surface area contributed by atoms with Crippen LogP contribution in [-0.2, 0) is 6.18 Å². The van der Waals surface area contributed by atoms with Gasteiger partial charge in [-0.05, 0) is 24.3 Å². The molecule has 2 aromatic rings. The van der Waals surface area contributed by atoms with Gasteiger partial charge in [-0.2, -0.15) is 13.2 Å². The maximum Gasteiger partial charge on any atom is 0.417 e. The highest BCUT2D eigenvalue weighted by Crippen LogP contribution is 2.29. The van der Waals surface area contributed by atoms with Crippen LogP contribution >= 0.6 is 0 Å². The zero-order chi connectivity index (χ0) is 17.2. The molecule has 3 heterocycles. The number of pyridine rings is 2. The van der Waals surface area contributed by atoms with Crippen molar-refractivity contribution >= 4 is 11.7 Å². The standard InChI is InChI=1S/C16H15F3N4O/c17-16(18,19)13-3-4-14(21-11-13)22-6-8-23(9-7-22)15(24)12-2-1-5-20-10-12/h1-5,10-11H,6-9H2. The molecule has 3 rings (SSSR count). The summed E-state index contributed by atoms with van der Waals surface area (Å²) in [6.07, 6.45) is -0.431. The minimum absolute atomic E-state index is 0.0943. The lowest BCUT2D eigenvalue weighted by Crippen LogP contribution is -2.49. The van der Waals surface area contributed by atoms with Gasteiger partial charge in [0.25, 0.3) is 5.91 Å². The van der Waals surface area contributed by atoms with E-state index in [0.29, 0.717) is 37.6 Å². The van der Waals surface area contributed by atoms with Crippen molar-refractivity contribution in [1.82, 2.24) is 14.9 Å². The highest BCUT2D eigenvalue weighted by molar-refractivity contribution is 5.94. The number of rotatable bonds is 2. The highest BCUT2D eigenvalue weighted by atomic mass is 19.4. The fourth-order valence-corrected chi connectivity index (χ4v) is 2.55. The summed E-state index contributed by atoms with van der Waals surface area (Å²) in [7, 11) is 0. The van der Waals surface area contributed by atoms with Gasteiger partial charge >= 0.3 is 6.18 Å². The van der Waals surface area contributed by atoms with Gasteiger partial charge in [-0.3, -0.25) is 9.78 Å². The monoisotopic (exact) mass is 336 g/mol. The molecule has 1 amide bonds. The second-order valence-electron chi connectivity index (χ2n) is 5.42. The van der Waals surface area contributed by atoms with Crippen LogP contribution in [0.2, 0.25) is 0 Å². The number of piperazine rings is 1. The largest absolute Gasteiger partial charge is 0.417 e. The van der Waals surface area contributed by atoms with Gasteiger partial charge in [0.1, 0.15) is 5.82 Å². The fourth-order valence-electron chi connectivity index (χ4n) is 2.55. The number of amides is 1. The second kappa shape index (κ2) is 6.46. The first-order valence-electron chi connectivity index (χ1n) is 7.42. The fraction of sp³-hybridized carbons (Fsp3) is 0.312. The molecule has 0 aromatic carbocycles. The molecule has 1 fully saturated rings. The number of anilines is 1. The summed E-state index contributed by atoms with van der Waals surface area (Å²) in [6.45, 7) is 2.00. The predicted molar refractivity (Wildman–Crippen MR) is 81.6 cm³/mol. The molecule has 0 saturated carbocycles. The van der Waals surface area contributed by atoms with Crippen molar-refractivity contribution in [3.05, 3.63) is 54.0 Å². The molecule has 1 saturated heterocycles. The van der Waals surface area contributed by atoms with Gasteiger partial charge < -0.3 is 9.80 Å². The molecule has 0 bridgehead atoms. The molecular formula is C16H15F3N4O. The number of halogens is 3. The van der Waals surface area contributed by atoms with E-state index < -0.39 is 11.7 Å². The van der Waals surface area contributed by atoms with Gasteiger partial charge in [0.15, 0.2) is 0 Å². The van der Waals surface area contributed by atoms with Crippen molar-refractivity contribution < 1.29 is 18.0 Å². The molecule has 1 aliphatic rings. The van der Waals surface area contributed by atoms with Crippen LogP contribution in [0.25, 0.3) is 0 Å². The smallest absolute Gasteiger partial charge is 0.353 e. The molecule has 0 aliphatic carbocycles. The molecule has 8 heteroatoms. The number of nitrogens with zero attached hydrogens (tertiary/aromatic N) is 4. The molecule has 0 unspecified atom stereocenters. The Labute approximate surface area is 136 Å². The Kier molecular flexibility index (Phi) is 4.37. The number of aromatic nitrogens is 2. The molecular weight excluding hydrogens is 321 g/mol. The summed E-state index contributed by atoms with van der Waals surface area (Å²) in [5.74, 6) is 0.389. The quantitative estimate of drug-likeness (QED) is 0.845. The molecule has 126 valence electrons. The molecule has 1 aliphatic heterocycles. The van der Waals surface area contributed by atoms with E-state index in [1.165, 1.54) is 12.3 Å². The van der Waals surface area contributed by atoms with Gasteiger partial charge in [0.05, 0.1) is 11.1 Å². The predicted octanol–water partition coefficient (Wildman–Crippen LogP) is 2.46. The van der Waals surface area contributed by atoms with E-state index in [1.807, 2.05) is 4.90 Å². The van der Waals surface area contributed by atoms with Crippen LogP contribution in [0.4, 0.5) is 19.0 Å². The molecule has 0 N–H and O–H groups in total. The van der Waals surface area contributed by atoms with Gasteiger partial charge in [-0.1, -0.05) is 0 Å². The topological polar surface area (TPSA) is 49.3 Å². The van der Waals surface area contributed by atoms with Crippen molar-refractivity contribution in [3.63, 3.8) is 0 Å². The van der Waals surface area contributed by atoms with Crippen LogP contribution in [0.1, 0.15) is 15.9 Å². The van der Waals surface area contributed by atoms with Crippen LogP contribution in [-0.4, -0.2) is 47.0 Å². The third kappa shape index (κ3) is 3.47. The van der Waals surface area contributed by atoms with Gasteiger partial charge in [-0.25, -0.2) is 4.98 Å². The normalized spacial score (nSPS) is 15.5. The highest BCUT2D eigenvalue weighted by Gasteiger charge is 2.31. The van der Waals surface area contributed by atoms with Crippen molar-refractivity contribution in [2.75, 3.05) is 31.1 Å². The maximum absolute atomic E-state index is 12.6. The summed E-state index contributed by atoms with van der Waals surface area (Å²) >= 11 is 0. The molecule has 5 nitrogen and oxygen atoms in total. The Morgan fingerprint density at radius 2 is 1.79 bits per heavy atom. The minimum atomic E-state index is -4.39. The van der Waals surface area contributed by atoms with E-state index in [4.69, 9.17) is 0 Å². The van der Waals surface area contributed by atoms with Crippen LogP contribution < -0.4 is 4.90 Å².